The maximum atomic E-state index is 11.9. The Morgan fingerprint density at radius 3 is 2.64 bits per heavy atom. The fourth-order valence-corrected chi connectivity index (χ4v) is 2.00. The normalized spacial score (nSPS) is 10.1. The molecule has 0 spiro atoms. The highest BCUT2D eigenvalue weighted by atomic mass is 35.5. The number of anilines is 1. The first-order valence-electron chi connectivity index (χ1n) is 6.48. The number of carboxylic acid groups (broad SMARTS) is 1. The number of para-hydroxylation sites is 1. The second-order valence-corrected chi connectivity index (χ2v) is 5.03. The molecule has 0 bridgehead atoms. The molecule has 2 aromatic rings. The van der Waals surface area contributed by atoms with Crippen molar-refractivity contribution in [1.82, 2.24) is 0 Å². The van der Waals surface area contributed by atoms with Crippen molar-refractivity contribution >= 4 is 29.2 Å². The molecule has 2 aromatic carbocycles. The van der Waals surface area contributed by atoms with Crippen LogP contribution in [-0.2, 0) is 4.79 Å². The zero-order valence-corrected chi connectivity index (χ0v) is 12.6. The van der Waals surface area contributed by atoms with Crippen LogP contribution in [0.3, 0.4) is 0 Å². The Bertz CT molecular complexity index is 715. The van der Waals surface area contributed by atoms with E-state index in [0.29, 0.717) is 10.7 Å². The largest absolute Gasteiger partial charge is 0.483 e. The van der Waals surface area contributed by atoms with E-state index in [4.69, 9.17) is 21.4 Å². The molecule has 0 heterocycles. The predicted molar refractivity (Wildman–Crippen MR) is 83.7 cm³/mol. The first-order valence-corrected chi connectivity index (χ1v) is 6.86. The molecule has 0 aliphatic heterocycles. The molecular weight excluding hydrogens is 306 g/mol. The molecule has 0 radical (unpaired) electrons. The lowest BCUT2D eigenvalue weighted by molar-refractivity contribution is -0.118. The van der Waals surface area contributed by atoms with E-state index in [1.807, 2.05) is 6.92 Å². The first-order chi connectivity index (χ1) is 10.5. The molecule has 0 saturated heterocycles. The molecule has 0 aliphatic rings. The van der Waals surface area contributed by atoms with E-state index in [-0.39, 0.29) is 17.9 Å². The number of rotatable bonds is 5. The average molecular weight is 320 g/mol. The number of carboxylic acids is 1. The van der Waals surface area contributed by atoms with Gasteiger partial charge in [-0.05, 0) is 36.8 Å². The lowest BCUT2D eigenvalue weighted by Gasteiger charge is -2.11. The van der Waals surface area contributed by atoms with Gasteiger partial charge in [0.15, 0.2) is 6.61 Å². The first kappa shape index (κ1) is 15.9. The highest BCUT2D eigenvalue weighted by Gasteiger charge is 2.13. The lowest BCUT2D eigenvalue weighted by Crippen LogP contribution is -2.21. The Balaban J connectivity index is 2.04. The summed E-state index contributed by atoms with van der Waals surface area (Å²) in [7, 11) is 0. The van der Waals surface area contributed by atoms with E-state index in [2.05, 4.69) is 5.32 Å². The van der Waals surface area contributed by atoms with Crippen LogP contribution in [0.4, 0.5) is 5.69 Å². The van der Waals surface area contributed by atoms with Crippen LogP contribution in [0.1, 0.15) is 15.9 Å². The van der Waals surface area contributed by atoms with Gasteiger partial charge in [-0.2, -0.15) is 0 Å². The zero-order valence-electron chi connectivity index (χ0n) is 11.8. The second-order valence-electron chi connectivity index (χ2n) is 4.62. The highest BCUT2D eigenvalue weighted by molar-refractivity contribution is 6.33. The molecule has 0 saturated carbocycles. The summed E-state index contributed by atoms with van der Waals surface area (Å²) in [4.78, 5) is 23.0. The molecule has 0 atom stereocenters. The Hall–Kier alpha value is -2.53. The third-order valence-corrected chi connectivity index (χ3v) is 3.20. The van der Waals surface area contributed by atoms with Crippen LogP contribution in [0, 0.1) is 6.92 Å². The molecule has 0 fully saturated rings. The standard InChI is InChI=1S/C16H14ClNO4/c1-10-6-7-11(16(20)21)14(8-10)22-9-15(19)18-13-5-3-2-4-12(13)17/h2-8H,9H2,1H3,(H,18,19)(H,20,21). The predicted octanol–water partition coefficient (Wildman–Crippen LogP) is 3.36. The van der Waals surface area contributed by atoms with Gasteiger partial charge in [-0.1, -0.05) is 29.8 Å². The van der Waals surface area contributed by atoms with Crippen LogP contribution in [-0.4, -0.2) is 23.6 Å². The Morgan fingerprint density at radius 2 is 1.95 bits per heavy atom. The van der Waals surface area contributed by atoms with Gasteiger partial charge in [-0.25, -0.2) is 4.79 Å². The SMILES string of the molecule is Cc1ccc(C(=O)O)c(OCC(=O)Nc2ccccc2Cl)c1. The Labute approximate surface area is 132 Å². The van der Waals surface area contributed by atoms with Crippen LogP contribution in [0.25, 0.3) is 0 Å². The minimum absolute atomic E-state index is 0.0103. The van der Waals surface area contributed by atoms with Gasteiger partial charge in [-0.15, -0.1) is 0 Å². The fourth-order valence-electron chi connectivity index (χ4n) is 1.82. The Kier molecular flexibility index (Phi) is 5.01. The summed E-state index contributed by atoms with van der Waals surface area (Å²) in [5, 5.41) is 12.1. The summed E-state index contributed by atoms with van der Waals surface area (Å²) in [6.45, 7) is 1.50. The zero-order chi connectivity index (χ0) is 16.1. The van der Waals surface area contributed by atoms with Crippen LogP contribution in [0.15, 0.2) is 42.5 Å². The quantitative estimate of drug-likeness (QED) is 0.886. The number of aryl methyl sites for hydroxylation is 1. The van der Waals surface area contributed by atoms with E-state index in [9.17, 15) is 9.59 Å². The summed E-state index contributed by atoms with van der Waals surface area (Å²) < 4.78 is 5.32. The number of hydrogen-bond donors (Lipinski definition) is 2. The molecule has 0 unspecified atom stereocenters. The number of carbonyl (C=O) groups excluding carboxylic acids is 1. The summed E-state index contributed by atoms with van der Waals surface area (Å²) in [6, 6.07) is 11.5. The van der Waals surface area contributed by atoms with Gasteiger partial charge < -0.3 is 15.2 Å². The number of amides is 1. The number of ether oxygens (including phenoxy) is 1. The summed E-state index contributed by atoms with van der Waals surface area (Å²) in [6.07, 6.45) is 0. The van der Waals surface area contributed by atoms with Crippen molar-refractivity contribution in [1.29, 1.82) is 0 Å². The maximum absolute atomic E-state index is 11.9. The third-order valence-electron chi connectivity index (χ3n) is 2.87. The van der Waals surface area contributed by atoms with Crippen molar-refractivity contribution in [2.24, 2.45) is 0 Å². The smallest absolute Gasteiger partial charge is 0.339 e. The molecule has 0 aromatic heterocycles. The van der Waals surface area contributed by atoms with Crippen LogP contribution in [0.2, 0.25) is 5.02 Å². The fraction of sp³-hybridized carbons (Fsp3) is 0.125. The van der Waals surface area contributed by atoms with Crippen molar-refractivity contribution in [3.63, 3.8) is 0 Å². The van der Waals surface area contributed by atoms with Crippen molar-refractivity contribution < 1.29 is 19.4 Å². The van der Waals surface area contributed by atoms with Gasteiger partial charge in [0.05, 0.1) is 10.7 Å². The highest BCUT2D eigenvalue weighted by Crippen LogP contribution is 2.22. The van der Waals surface area contributed by atoms with Gasteiger partial charge in [0.2, 0.25) is 0 Å². The summed E-state index contributed by atoms with van der Waals surface area (Å²) in [5.41, 5.74) is 1.32. The molecule has 22 heavy (non-hydrogen) atoms. The van der Waals surface area contributed by atoms with E-state index in [1.54, 1.807) is 36.4 Å². The van der Waals surface area contributed by atoms with Crippen molar-refractivity contribution in [3.05, 3.63) is 58.6 Å². The summed E-state index contributed by atoms with van der Waals surface area (Å²) >= 11 is 5.94. The van der Waals surface area contributed by atoms with E-state index < -0.39 is 11.9 Å². The maximum Gasteiger partial charge on any atom is 0.339 e. The van der Waals surface area contributed by atoms with Gasteiger partial charge in [-0.3, -0.25) is 4.79 Å². The van der Waals surface area contributed by atoms with Gasteiger partial charge in [0.1, 0.15) is 11.3 Å². The number of aromatic carboxylic acids is 1. The average Bonchev–Trinajstić information content (AvgIpc) is 2.47. The monoisotopic (exact) mass is 319 g/mol. The summed E-state index contributed by atoms with van der Waals surface area (Å²) in [5.74, 6) is -1.38. The molecule has 2 rings (SSSR count). The minimum atomic E-state index is -1.11. The number of carbonyl (C=O) groups is 2. The number of halogens is 1. The Morgan fingerprint density at radius 1 is 1.23 bits per heavy atom. The van der Waals surface area contributed by atoms with E-state index in [1.165, 1.54) is 6.07 Å². The van der Waals surface area contributed by atoms with Crippen molar-refractivity contribution in [2.45, 2.75) is 6.92 Å². The van der Waals surface area contributed by atoms with Gasteiger partial charge in [0.25, 0.3) is 5.91 Å². The minimum Gasteiger partial charge on any atom is -0.483 e. The molecule has 6 heteroatoms. The number of nitrogens with one attached hydrogen (secondary N) is 1. The molecule has 114 valence electrons. The number of benzene rings is 2. The second kappa shape index (κ2) is 6.95. The molecule has 2 N–H and O–H groups in total. The van der Waals surface area contributed by atoms with Crippen LogP contribution >= 0.6 is 11.6 Å². The molecular formula is C16H14ClNO4. The lowest BCUT2D eigenvalue weighted by atomic mass is 10.1. The van der Waals surface area contributed by atoms with Gasteiger partial charge in [0, 0.05) is 0 Å². The van der Waals surface area contributed by atoms with E-state index >= 15 is 0 Å². The van der Waals surface area contributed by atoms with Crippen molar-refractivity contribution in [3.8, 4) is 5.75 Å². The number of hydrogen-bond acceptors (Lipinski definition) is 3. The molecule has 5 nitrogen and oxygen atoms in total. The van der Waals surface area contributed by atoms with Crippen molar-refractivity contribution in [2.75, 3.05) is 11.9 Å². The third kappa shape index (κ3) is 3.99. The van der Waals surface area contributed by atoms with Gasteiger partial charge >= 0.3 is 5.97 Å². The van der Waals surface area contributed by atoms with E-state index in [0.717, 1.165) is 5.56 Å². The topological polar surface area (TPSA) is 75.6 Å². The van der Waals surface area contributed by atoms with Crippen LogP contribution in [0.5, 0.6) is 5.75 Å². The molecule has 0 aliphatic carbocycles. The van der Waals surface area contributed by atoms with Crippen LogP contribution < -0.4 is 10.1 Å². The molecule has 1 amide bonds.